The lowest BCUT2D eigenvalue weighted by Gasteiger charge is -2.02. The van der Waals surface area contributed by atoms with Crippen LogP contribution in [0.15, 0.2) is 65.8 Å². The second kappa shape index (κ2) is 6.89. The lowest BCUT2D eigenvalue weighted by atomic mass is 10.0. The Bertz CT molecular complexity index is 1100. The van der Waals surface area contributed by atoms with Crippen LogP contribution in [-0.4, -0.2) is 31.3 Å². The summed E-state index contributed by atoms with van der Waals surface area (Å²) in [4.78, 5) is 0. The molecule has 26 heavy (non-hydrogen) atoms. The van der Waals surface area contributed by atoms with E-state index >= 15 is 0 Å². The highest BCUT2D eigenvalue weighted by molar-refractivity contribution is 7.71. The molecule has 0 aliphatic heterocycles. The van der Waals surface area contributed by atoms with Crippen LogP contribution in [0.5, 0.6) is 0 Å². The molecule has 2 heterocycles. The molecule has 7 heteroatoms. The third kappa shape index (κ3) is 3.25. The predicted molar refractivity (Wildman–Crippen MR) is 105 cm³/mol. The fourth-order valence-electron chi connectivity index (χ4n) is 2.61. The van der Waals surface area contributed by atoms with E-state index in [0.29, 0.717) is 16.3 Å². The number of hydrogen-bond donors (Lipinski definition) is 2. The smallest absolute Gasteiger partial charge is 0.216 e. The van der Waals surface area contributed by atoms with Crippen molar-refractivity contribution in [3.05, 3.63) is 76.7 Å². The summed E-state index contributed by atoms with van der Waals surface area (Å²) >= 11 is 5.27. The SMILES string of the molecule is Cc1cc(-c2n[nH]c(=S)n2N=Cc2ccc(-c3ccccc3)cc2)n[nH]1. The highest BCUT2D eigenvalue weighted by Crippen LogP contribution is 2.19. The molecule has 6 nitrogen and oxygen atoms in total. The van der Waals surface area contributed by atoms with Crippen molar-refractivity contribution >= 4 is 18.4 Å². The molecule has 0 saturated heterocycles. The first kappa shape index (κ1) is 16.2. The monoisotopic (exact) mass is 360 g/mol. The van der Waals surface area contributed by atoms with Gasteiger partial charge in [-0.05, 0) is 41.9 Å². The van der Waals surface area contributed by atoms with Gasteiger partial charge in [-0.3, -0.25) is 5.10 Å². The minimum atomic E-state index is 0.415. The van der Waals surface area contributed by atoms with Gasteiger partial charge >= 0.3 is 0 Å². The van der Waals surface area contributed by atoms with Gasteiger partial charge in [-0.15, -0.1) is 0 Å². The Kier molecular flexibility index (Phi) is 4.28. The largest absolute Gasteiger partial charge is 0.282 e. The third-order valence-corrected chi connectivity index (χ3v) is 4.19. The van der Waals surface area contributed by atoms with Crippen LogP contribution < -0.4 is 0 Å². The lowest BCUT2D eigenvalue weighted by molar-refractivity contribution is 0.865. The number of aromatic amines is 2. The molecule has 4 aromatic rings. The topological polar surface area (TPSA) is 74.7 Å². The van der Waals surface area contributed by atoms with Crippen LogP contribution in [0.4, 0.5) is 0 Å². The van der Waals surface area contributed by atoms with Crippen molar-refractivity contribution in [1.29, 1.82) is 0 Å². The minimum Gasteiger partial charge on any atom is -0.282 e. The number of nitrogens with one attached hydrogen (secondary N) is 2. The van der Waals surface area contributed by atoms with E-state index in [4.69, 9.17) is 12.2 Å². The number of hydrogen-bond acceptors (Lipinski definition) is 4. The molecule has 0 aliphatic rings. The molecule has 2 aromatic heterocycles. The summed E-state index contributed by atoms with van der Waals surface area (Å²) in [6.45, 7) is 1.93. The summed E-state index contributed by atoms with van der Waals surface area (Å²) < 4.78 is 1.98. The molecule has 2 N–H and O–H groups in total. The summed E-state index contributed by atoms with van der Waals surface area (Å²) in [6.07, 6.45) is 1.75. The Labute approximate surface area is 155 Å². The van der Waals surface area contributed by atoms with Crippen molar-refractivity contribution in [2.24, 2.45) is 5.10 Å². The number of H-pyrrole nitrogens is 2. The van der Waals surface area contributed by atoms with E-state index in [-0.39, 0.29) is 0 Å². The molecule has 0 aliphatic carbocycles. The molecule has 0 atom stereocenters. The maximum absolute atomic E-state index is 5.27. The maximum Gasteiger partial charge on any atom is 0.216 e. The van der Waals surface area contributed by atoms with Crippen LogP contribution in [0.3, 0.4) is 0 Å². The number of nitrogens with zero attached hydrogens (tertiary/aromatic N) is 4. The van der Waals surface area contributed by atoms with Gasteiger partial charge < -0.3 is 0 Å². The second-order valence-electron chi connectivity index (χ2n) is 5.83. The second-order valence-corrected chi connectivity index (χ2v) is 6.22. The molecular weight excluding hydrogens is 344 g/mol. The van der Waals surface area contributed by atoms with Gasteiger partial charge in [0.1, 0.15) is 5.69 Å². The number of aryl methyl sites for hydroxylation is 1. The van der Waals surface area contributed by atoms with Crippen molar-refractivity contribution in [3.8, 4) is 22.6 Å². The van der Waals surface area contributed by atoms with E-state index in [0.717, 1.165) is 16.8 Å². The molecular formula is C19H16N6S. The van der Waals surface area contributed by atoms with Crippen LogP contribution in [0.2, 0.25) is 0 Å². The van der Waals surface area contributed by atoms with Gasteiger partial charge in [0.05, 0.1) is 6.21 Å². The van der Waals surface area contributed by atoms with Crippen molar-refractivity contribution in [2.45, 2.75) is 6.92 Å². The van der Waals surface area contributed by atoms with Crippen LogP contribution >= 0.6 is 12.2 Å². The van der Waals surface area contributed by atoms with Crippen LogP contribution in [-0.2, 0) is 0 Å². The Hall–Kier alpha value is -3.32. The summed E-state index contributed by atoms with van der Waals surface area (Å²) in [5, 5.41) is 18.5. The number of benzene rings is 2. The number of aromatic nitrogens is 5. The zero-order chi connectivity index (χ0) is 17.9. The van der Waals surface area contributed by atoms with E-state index in [2.05, 4.69) is 49.8 Å². The lowest BCUT2D eigenvalue weighted by Crippen LogP contribution is -1.95. The van der Waals surface area contributed by atoms with Crippen molar-refractivity contribution in [1.82, 2.24) is 25.1 Å². The van der Waals surface area contributed by atoms with Crippen LogP contribution in [0.1, 0.15) is 11.3 Å². The summed E-state index contributed by atoms with van der Waals surface area (Å²) in [5.41, 5.74) is 4.95. The molecule has 2 aromatic carbocycles. The highest BCUT2D eigenvalue weighted by atomic mass is 32.1. The first-order valence-electron chi connectivity index (χ1n) is 8.10. The summed E-state index contributed by atoms with van der Waals surface area (Å²) in [6, 6.07) is 20.3. The Morgan fingerprint density at radius 3 is 2.38 bits per heavy atom. The standard InChI is InChI=1S/C19H16N6S/c1-13-11-17(22-21-13)18-23-24-19(26)25(18)20-12-14-7-9-16(10-8-14)15-5-3-2-4-6-15/h2-12H,1H3,(H,21,22)(H,24,26). The van der Waals surface area contributed by atoms with Gasteiger partial charge in [-0.2, -0.15) is 20.0 Å². The molecule has 4 rings (SSSR count). The van der Waals surface area contributed by atoms with E-state index in [1.165, 1.54) is 5.56 Å². The van der Waals surface area contributed by atoms with Gasteiger partial charge in [0.15, 0.2) is 0 Å². The Morgan fingerprint density at radius 1 is 0.962 bits per heavy atom. The predicted octanol–water partition coefficient (Wildman–Crippen LogP) is 4.19. The quantitative estimate of drug-likeness (QED) is 0.423. The van der Waals surface area contributed by atoms with E-state index in [1.54, 1.807) is 10.9 Å². The van der Waals surface area contributed by atoms with Gasteiger partial charge in [-0.1, -0.05) is 54.6 Å². The first-order chi connectivity index (χ1) is 12.7. The average Bonchev–Trinajstić information content (AvgIpc) is 3.26. The van der Waals surface area contributed by atoms with Crippen molar-refractivity contribution < 1.29 is 0 Å². The Morgan fingerprint density at radius 2 is 1.69 bits per heavy atom. The van der Waals surface area contributed by atoms with Gasteiger partial charge in [0.25, 0.3) is 0 Å². The number of rotatable bonds is 4. The molecule has 128 valence electrons. The molecule has 0 bridgehead atoms. The summed E-state index contributed by atoms with van der Waals surface area (Å²) in [5.74, 6) is 0.566. The van der Waals surface area contributed by atoms with E-state index in [1.807, 2.05) is 43.3 Å². The average molecular weight is 360 g/mol. The first-order valence-corrected chi connectivity index (χ1v) is 8.51. The molecule has 0 saturated carbocycles. The zero-order valence-electron chi connectivity index (χ0n) is 14.0. The van der Waals surface area contributed by atoms with Gasteiger partial charge in [0.2, 0.25) is 10.6 Å². The van der Waals surface area contributed by atoms with Crippen LogP contribution in [0, 0.1) is 11.7 Å². The Balaban J connectivity index is 1.61. The third-order valence-electron chi connectivity index (χ3n) is 3.93. The van der Waals surface area contributed by atoms with Crippen molar-refractivity contribution in [2.75, 3.05) is 0 Å². The highest BCUT2D eigenvalue weighted by Gasteiger charge is 2.10. The van der Waals surface area contributed by atoms with Crippen molar-refractivity contribution in [3.63, 3.8) is 0 Å². The fourth-order valence-corrected chi connectivity index (χ4v) is 2.79. The van der Waals surface area contributed by atoms with E-state index in [9.17, 15) is 0 Å². The molecule has 0 spiro atoms. The molecule has 0 radical (unpaired) electrons. The van der Waals surface area contributed by atoms with Gasteiger partial charge in [0, 0.05) is 5.69 Å². The molecule has 0 unspecified atom stereocenters. The normalized spacial score (nSPS) is 11.3. The molecule has 0 amide bonds. The zero-order valence-corrected chi connectivity index (χ0v) is 14.9. The summed E-state index contributed by atoms with van der Waals surface area (Å²) in [7, 11) is 0. The van der Waals surface area contributed by atoms with Gasteiger partial charge in [-0.25, -0.2) is 5.10 Å². The van der Waals surface area contributed by atoms with E-state index < -0.39 is 0 Å². The fraction of sp³-hybridized carbons (Fsp3) is 0.0526. The maximum atomic E-state index is 5.27. The molecule has 0 fully saturated rings. The minimum absolute atomic E-state index is 0.415. The van der Waals surface area contributed by atoms with Crippen LogP contribution in [0.25, 0.3) is 22.6 Å².